The third kappa shape index (κ3) is 5.21. The molecule has 176 valence electrons. The molecular weight excluding hydrogens is 404 g/mol. The maximum atomic E-state index is 13.0. The Morgan fingerprint density at radius 2 is 1.53 bits per heavy atom. The number of hydrogen-bond acceptors (Lipinski definition) is 4. The maximum absolute atomic E-state index is 13.0. The van der Waals surface area contributed by atoms with Crippen LogP contribution in [0.4, 0.5) is 0 Å². The van der Waals surface area contributed by atoms with Crippen molar-refractivity contribution in [3.63, 3.8) is 0 Å². The standard InChI is InChI=1S/C26H38N2O4/c1-3-31-22-6-5-18(14-23(22)32-4-2)7-9-27-24(29)8-10-28-25(30)26-15-19-11-20(16-26)13-21(12-19)17-26/h5-6,14,19-21H,3-4,7-13,15-17H2,1-2H3,(H,27,29)(H,28,30). The van der Waals surface area contributed by atoms with Crippen LogP contribution in [0.15, 0.2) is 18.2 Å². The molecule has 6 nitrogen and oxygen atoms in total. The average molecular weight is 443 g/mol. The molecule has 0 saturated heterocycles. The Morgan fingerprint density at radius 1 is 0.906 bits per heavy atom. The van der Waals surface area contributed by atoms with E-state index in [2.05, 4.69) is 10.6 Å². The normalized spacial score (nSPS) is 27.8. The highest BCUT2D eigenvalue weighted by atomic mass is 16.5. The molecule has 0 unspecified atom stereocenters. The van der Waals surface area contributed by atoms with E-state index >= 15 is 0 Å². The first-order valence-electron chi connectivity index (χ1n) is 12.4. The highest BCUT2D eigenvalue weighted by Gasteiger charge is 2.54. The molecule has 0 aliphatic heterocycles. The summed E-state index contributed by atoms with van der Waals surface area (Å²) in [6.45, 7) is 6.05. The Hall–Kier alpha value is -2.24. The molecule has 1 aromatic rings. The molecule has 4 aliphatic carbocycles. The Labute approximate surface area is 191 Å². The van der Waals surface area contributed by atoms with Gasteiger partial charge < -0.3 is 20.1 Å². The third-order valence-corrected chi connectivity index (χ3v) is 7.50. The van der Waals surface area contributed by atoms with Crippen molar-refractivity contribution in [3.05, 3.63) is 23.8 Å². The largest absolute Gasteiger partial charge is 0.490 e. The van der Waals surface area contributed by atoms with Crippen molar-refractivity contribution in [2.45, 2.75) is 65.2 Å². The summed E-state index contributed by atoms with van der Waals surface area (Å²) < 4.78 is 11.3. The number of nitrogens with one attached hydrogen (secondary N) is 2. The minimum absolute atomic E-state index is 0.0215. The summed E-state index contributed by atoms with van der Waals surface area (Å²) in [5.41, 5.74) is 0.948. The van der Waals surface area contributed by atoms with Crippen LogP contribution < -0.4 is 20.1 Å². The summed E-state index contributed by atoms with van der Waals surface area (Å²) in [5.74, 6) is 3.92. The third-order valence-electron chi connectivity index (χ3n) is 7.50. The van der Waals surface area contributed by atoms with Crippen molar-refractivity contribution < 1.29 is 19.1 Å². The van der Waals surface area contributed by atoms with Crippen LogP contribution in [0.3, 0.4) is 0 Å². The number of hydrogen-bond donors (Lipinski definition) is 2. The van der Waals surface area contributed by atoms with Gasteiger partial charge in [0.15, 0.2) is 11.5 Å². The van der Waals surface area contributed by atoms with Gasteiger partial charge in [0.05, 0.1) is 13.2 Å². The Kier molecular flexibility index (Phi) is 7.27. The van der Waals surface area contributed by atoms with Crippen molar-refractivity contribution >= 4 is 11.8 Å². The van der Waals surface area contributed by atoms with Crippen molar-refractivity contribution in [3.8, 4) is 11.5 Å². The predicted molar refractivity (Wildman–Crippen MR) is 124 cm³/mol. The lowest BCUT2D eigenvalue weighted by Crippen LogP contribution is -2.53. The van der Waals surface area contributed by atoms with Gasteiger partial charge in [-0.05, 0) is 94.2 Å². The Bertz CT molecular complexity index is 787. The molecule has 0 heterocycles. The van der Waals surface area contributed by atoms with Crippen LogP contribution in [0.25, 0.3) is 0 Å². The van der Waals surface area contributed by atoms with Gasteiger partial charge in [-0.15, -0.1) is 0 Å². The minimum Gasteiger partial charge on any atom is -0.490 e. The molecule has 6 heteroatoms. The van der Waals surface area contributed by atoms with Crippen LogP contribution in [0.5, 0.6) is 11.5 Å². The molecule has 4 fully saturated rings. The maximum Gasteiger partial charge on any atom is 0.226 e. The van der Waals surface area contributed by atoms with E-state index in [1.165, 1.54) is 19.3 Å². The van der Waals surface area contributed by atoms with E-state index in [4.69, 9.17) is 9.47 Å². The first-order valence-corrected chi connectivity index (χ1v) is 12.4. The van der Waals surface area contributed by atoms with Crippen LogP contribution in [0, 0.1) is 23.2 Å². The molecule has 5 rings (SSSR count). The fraction of sp³-hybridized carbons (Fsp3) is 0.692. The quantitative estimate of drug-likeness (QED) is 0.546. The molecule has 0 spiro atoms. The van der Waals surface area contributed by atoms with Crippen molar-refractivity contribution in [1.82, 2.24) is 10.6 Å². The van der Waals surface area contributed by atoms with Gasteiger partial charge in [0.2, 0.25) is 11.8 Å². The number of carbonyl (C=O) groups excluding carboxylic acids is 2. The number of ether oxygens (including phenoxy) is 2. The zero-order valence-electron chi connectivity index (χ0n) is 19.6. The summed E-state index contributed by atoms with van der Waals surface area (Å²) in [4.78, 5) is 25.2. The van der Waals surface area contributed by atoms with Crippen molar-refractivity contribution in [1.29, 1.82) is 0 Å². The first kappa shape index (κ1) is 22.9. The van der Waals surface area contributed by atoms with E-state index in [1.807, 2.05) is 32.0 Å². The fourth-order valence-corrected chi connectivity index (χ4v) is 6.55. The van der Waals surface area contributed by atoms with Gasteiger partial charge in [-0.1, -0.05) is 6.07 Å². The SMILES string of the molecule is CCOc1ccc(CCNC(=O)CCNC(=O)C23CC4CC(CC(C4)C2)C3)cc1OCC. The molecule has 4 aliphatic rings. The van der Waals surface area contributed by atoms with E-state index < -0.39 is 0 Å². The summed E-state index contributed by atoms with van der Waals surface area (Å²) >= 11 is 0. The fourth-order valence-electron chi connectivity index (χ4n) is 6.55. The molecule has 0 atom stereocenters. The monoisotopic (exact) mass is 442 g/mol. The Morgan fingerprint density at radius 3 is 2.16 bits per heavy atom. The molecule has 2 N–H and O–H groups in total. The molecule has 2 amide bonds. The van der Waals surface area contributed by atoms with Gasteiger partial charge in [-0.25, -0.2) is 0 Å². The predicted octanol–water partition coefficient (Wildman–Crippen LogP) is 3.87. The average Bonchev–Trinajstić information content (AvgIpc) is 2.75. The molecule has 0 aromatic heterocycles. The Balaban J connectivity index is 1.18. The molecule has 32 heavy (non-hydrogen) atoms. The minimum atomic E-state index is -0.142. The van der Waals surface area contributed by atoms with Crippen LogP contribution in [-0.2, 0) is 16.0 Å². The van der Waals surface area contributed by atoms with Gasteiger partial charge in [0.25, 0.3) is 0 Å². The molecule has 4 saturated carbocycles. The number of carbonyl (C=O) groups is 2. The van der Waals surface area contributed by atoms with E-state index in [1.54, 1.807) is 0 Å². The second kappa shape index (κ2) is 10.1. The molecule has 1 aromatic carbocycles. The van der Waals surface area contributed by atoms with Gasteiger partial charge in [-0.3, -0.25) is 9.59 Å². The molecule has 4 bridgehead atoms. The van der Waals surface area contributed by atoms with Crippen LogP contribution in [0.1, 0.15) is 64.4 Å². The highest BCUT2D eigenvalue weighted by Crippen LogP contribution is 2.60. The van der Waals surface area contributed by atoms with Gasteiger partial charge in [-0.2, -0.15) is 0 Å². The van der Waals surface area contributed by atoms with Crippen LogP contribution in [-0.4, -0.2) is 38.1 Å². The van der Waals surface area contributed by atoms with Crippen LogP contribution in [0.2, 0.25) is 0 Å². The molecule has 0 radical (unpaired) electrons. The smallest absolute Gasteiger partial charge is 0.226 e. The van der Waals surface area contributed by atoms with E-state index in [0.717, 1.165) is 60.5 Å². The van der Waals surface area contributed by atoms with Gasteiger partial charge >= 0.3 is 0 Å². The molecular formula is C26H38N2O4. The zero-order valence-corrected chi connectivity index (χ0v) is 19.6. The second-order valence-electron chi connectivity index (χ2n) is 9.95. The first-order chi connectivity index (χ1) is 15.5. The number of benzene rings is 1. The van der Waals surface area contributed by atoms with Gasteiger partial charge in [0, 0.05) is 24.9 Å². The zero-order chi connectivity index (χ0) is 22.6. The highest BCUT2D eigenvalue weighted by molar-refractivity contribution is 5.84. The lowest BCUT2D eigenvalue weighted by molar-refractivity contribution is -0.146. The lowest BCUT2D eigenvalue weighted by atomic mass is 9.49. The summed E-state index contributed by atoms with van der Waals surface area (Å²) in [6, 6.07) is 5.91. The second-order valence-corrected chi connectivity index (χ2v) is 9.95. The number of rotatable bonds is 11. The van der Waals surface area contributed by atoms with Crippen molar-refractivity contribution in [2.75, 3.05) is 26.3 Å². The lowest BCUT2D eigenvalue weighted by Gasteiger charge is -2.55. The number of amides is 2. The van der Waals surface area contributed by atoms with E-state index in [-0.39, 0.29) is 17.2 Å². The van der Waals surface area contributed by atoms with Gasteiger partial charge in [0.1, 0.15) is 0 Å². The topological polar surface area (TPSA) is 76.7 Å². The van der Waals surface area contributed by atoms with Crippen LogP contribution >= 0.6 is 0 Å². The van der Waals surface area contributed by atoms with Crippen molar-refractivity contribution in [2.24, 2.45) is 23.2 Å². The summed E-state index contributed by atoms with van der Waals surface area (Å²) in [7, 11) is 0. The summed E-state index contributed by atoms with van der Waals surface area (Å²) in [6.07, 6.45) is 8.21. The van der Waals surface area contributed by atoms with E-state index in [0.29, 0.717) is 32.7 Å². The van der Waals surface area contributed by atoms with E-state index in [9.17, 15) is 9.59 Å². The summed E-state index contributed by atoms with van der Waals surface area (Å²) in [5, 5.41) is 6.06.